The van der Waals surface area contributed by atoms with Gasteiger partial charge < -0.3 is 14.6 Å². The van der Waals surface area contributed by atoms with E-state index in [0.717, 1.165) is 35.7 Å². The first-order valence-corrected chi connectivity index (χ1v) is 11.8. The van der Waals surface area contributed by atoms with Gasteiger partial charge in [-0.25, -0.2) is 4.68 Å². The summed E-state index contributed by atoms with van der Waals surface area (Å²) < 4.78 is 13.9. The standard InChI is InChI=1S/C27H37N3O3/c1-6-16-29(17-24(31)19-32-20(2)3)18-26-22(5)28-30(23-10-8-7-9-11-23)27(26)33-25-14-12-21(4)13-15-25/h7-15,20,24,31H,6,16-19H2,1-5H3/t24-/m0/s1. The molecule has 0 unspecified atom stereocenters. The third-order valence-corrected chi connectivity index (χ3v) is 5.39. The smallest absolute Gasteiger partial charge is 0.227 e. The summed E-state index contributed by atoms with van der Waals surface area (Å²) in [4.78, 5) is 2.25. The van der Waals surface area contributed by atoms with Crippen LogP contribution in [0.2, 0.25) is 0 Å². The molecule has 0 saturated heterocycles. The number of hydrogen-bond donors (Lipinski definition) is 1. The van der Waals surface area contributed by atoms with Crippen molar-refractivity contribution in [1.29, 1.82) is 0 Å². The second-order valence-corrected chi connectivity index (χ2v) is 8.80. The molecule has 1 atom stereocenters. The van der Waals surface area contributed by atoms with Gasteiger partial charge in [-0.3, -0.25) is 4.90 Å². The number of aromatic nitrogens is 2. The Morgan fingerprint density at radius 1 is 1.03 bits per heavy atom. The molecule has 0 aliphatic heterocycles. The summed E-state index contributed by atoms with van der Waals surface area (Å²) >= 11 is 0. The highest BCUT2D eigenvalue weighted by Crippen LogP contribution is 2.32. The van der Waals surface area contributed by atoms with Crippen LogP contribution in [0.1, 0.15) is 44.0 Å². The van der Waals surface area contributed by atoms with Crippen LogP contribution in [-0.2, 0) is 11.3 Å². The molecule has 0 amide bonds. The van der Waals surface area contributed by atoms with Crippen LogP contribution >= 0.6 is 0 Å². The molecule has 6 heteroatoms. The molecule has 2 aromatic carbocycles. The van der Waals surface area contributed by atoms with Gasteiger partial charge in [0.1, 0.15) is 5.75 Å². The number of hydrogen-bond acceptors (Lipinski definition) is 5. The fraction of sp³-hybridized carbons (Fsp3) is 0.444. The molecule has 0 fully saturated rings. The minimum absolute atomic E-state index is 0.0973. The molecule has 3 rings (SSSR count). The van der Waals surface area contributed by atoms with Crippen LogP contribution in [0.3, 0.4) is 0 Å². The Balaban J connectivity index is 1.91. The maximum Gasteiger partial charge on any atom is 0.227 e. The first kappa shape index (κ1) is 25.0. The van der Waals surface area contributed by atoms with Gasteiger partial charge in [-0.15, -0.1) is 0 Å². The minimum atomic E-state index is -0.551. The first-order chi connectivity index (χ1) is 15.9. The number of aryl methyl sites for hydroxylation is 2. The highest BCUT2D eigenvalue weighted by atomic mass is 16.5. The van der Waals surface area contributed by atoms with Gasteiger partial charge in [-0.05, 0) is 64.9 Å². The molecule has 0 bridgehead atoms. The Morgan fingerprint density at radius 3 is 2.36 bits per heavy atom. The van der Waals surface area contributed by atoms with E-state index in [1.807, 2.05) is 80.1 Å². The van der Waals surface area contributed by atoms with E-state index < -0.39 is 6.10 Å². The minimum Gasteiger partial charge on any atom is -0.439 e. The average Bonchev–Trinajstić information content (AvgIpc) is 3.09. The fourth-order valence-corrected chi connectivity index (χ4v) is 3.72. The Bertz CT molecular complexity index is 984. The number of ether oxygens (including phenoxy) is 2. The lowest BCUT2D eigenvalue weighted by atomic mass is 10.2. The van der Waals surface area contributed by atoms with Crippen LogP contribution in [-0.4, -0.2) is 51.7 Å². The molecule has 33 heavy (non-hydrogen) atoms. The van der Waals surface area contributed by atoms with Gasteiger partial charge in [0.05, 0.1) is 35.8 Å². The second-order valence-electron chi connectivity index (χ2n) is 8.80. The third kappa shape index (κ3) is 7.16. The topological polar surface area (TPSA) is 59.8 Å². The molecular formula is C27H37N3O3. The second kappa shape index (κ2) is 12.0. The zero-order valence-electron chi connectivity index (χ0n) is 20.5. The van der Waals surface area contributed by atoms with E-state index in [9.17, 15) is 5.11 Å². The maximum absolute atomic E-state index is 10.5. The van der Waals surface area contributed by atoms with Gasteiger partial charge in [-0.2, -0.15) is 5.10 Å². The SMILES string of the molecule is CCCN(Cc1c(C)nn(-c2ccccc2)c1Oc1ccc(C)cc1)C[C@H](O)COC(C)C. The van der Waals surface area contributed by atoms with Gasteiger partial charge in [0.25, 0.3) is 0 Å². The molecule has 0 spiro atoms. The molecule has 0 aliphatic rings. The van der Waals surface area contributed by atoms with Crippen LogP contribution < -0.4 is 4.74 Å². The van der Waals surface area contributed by atoms with Crippen molar-refractivity contribution < 1.29 is 14.6 Å². The van der Waals surface area contributed by atoms with Crippen molar-refractivity contribution in [2.45, 2.75) is 59.8 Å². The van der Waals surface area contributed by atoms with E-state index in [2.05, 4.69) is 18.7 Å². The highest BCUT2D eigenvalue weighted by Gasteiger charge is 2.22. The van der Waals surface area contributed by atoms with E-state index in [1.54, 1.807) is 0 Å². The molecule has 0 aliphatic carbocycles. The normalized spacial score (nSPS) is 12.5. The van der Waals surface area contributed by atoms with Crippen molar-refractivity contribution in [2.24, 2.45) is 0 Å². The van der Waals surface area contributed by atoms with Crippen molar-refractivity contribution in [3.05, 3.63) is 71.4 Å². The Morgan fingerprint density at radius 2 is 1.73 bits per heavy atom. The summed E-state index contributed by atoms with van der Waals surface area (Å²) in [6.07, 6.45) is 0.530. The number of aliphatic hydroxyl groups is 1. The van der Waals surface area contributed by atoms with Crippen molar-refractivity contribution in [2.75, 3.05) is 19.7 Å². The van der Waals surface area contributed by atoms with Crippen LogP contribution in [0.5, 0.6) is 11.6 Å². The number of para-hydroxylation sites is 1. The number of aliphatic hydroxyl groups excluding tert-OH is 1. The predicted octanol–water partition coefficient (Wildman–Crippen LogP) is 5.28. The van der Waals surface area contributed by atoms with E-state index in [1.165, 1.54) is 5.56 Å². The van der Waals surface area contributed by atoms with E-state index >= 15 is 0 Å². The molecule has 1 heterocycles. The zero-order chi connectivity index (χ0) is 23.8. The number of benzene rings is 2. The summed E-state index contributed by atoms with van der Waals surface area (Å²) in [6, 6.07) is 18.1. The van der Waals surface area contributed by atoms with Crippen molar-refractivity contribution >= 4 is 0 Å². The quantitative estimate of drug-likeness (QED) is 0.406. The van der Waals surface area contributed by atoms with Crippen molar-refractivity contribution in [3.63, 3.8) is 0 Å². The van der Waals surface area contributed by atoms with Crippen molar-refractivity contribution in [1.82, 2.24) is 14.7 Å². The Hall–Kier alpha value is -2.67. The maximum atomic E-state index is 10.5. The van der Waals surface area contributed by atoms with Crippen molar-refractivity contribution in [3.8, 4) is 17.3 Å². The molecule has 3 aromatic rings. The van der Waals surface area contributed by atoms with E-state index in [-0.39, 0.29) is 6.10 Å². The summed E-state index contributed by atoms with van der Waals surface area (Å²) in [5, 5.41) is 15.4. The van der Waals surface area contributed by atoms with Crippen LogP contribution in [0.25, 0.3) is 5.69 Å². The monoisotopic (exact) mass is 451 g/mol. The molecule has 0 radical (unpaired) electrons. The molecule has 0 saturated carbocycles. The lowest BCUT2D eigenvalue weighted by Gasteiger charge is -2.25. The molecule has 1 N–H and O–H groups in total. The Kier molecular flexibility index (Phi) is 9.06. The fourth-order valence-electron chi connectivity index (χ4n) is 3.72. The number of rotatable bonds is 12. The summed E-state index contributed by atoms with van der Waals surface area (Å²) in [5.41, 5.74) is 4.06. The summed E-state index contributed by atoms with van der Waals surface area (Å²) in [6.45, 7) is 12.5. The average molecular weight is 452 g/mol. The zero-order valence-corrected chi connectivity index (χ0v) is 20.5. The van der Waals surface area contributed by atoms with Gasteiger partial charge in [0, 0.05) is 13.1 Å². The molecule has 1 aromatic heterocycles. The third-order valence-electron chi connectivity index (χ3n) is 5.39. The molecule has 6 nitrogen and oxygen atoms in total. The van der Waals surface area contributed by atoms with E-state index in [0.29, 0.717) is 25.6 Å². The van der Waals surface area contributed by atoms with Crippen LogP contribution in [0.15, 0.2) is 54.6 Å². The lowest BCUT2D eigenvalue weighted by Crippen LogP contribution is -2.35. The first-order valence-electron chi connectivity index (χ1n) is 11.8. The predicted molar refractivity (Wildman–Crippen MR) is 132 cm³/mol. The largest absolute Gasteiger partial charge is 0.439 e. The molecule has 178 valence electrons. The summed E-state index contributed by atoms with van der Waals surface area (Å²) in [5.74, 6) is 1.47. The summed E-state index contributed by atoms with van der Waals surface area (Å²) in [7, 11) is 0. The number of nitrogens with zero attached hydrogens (tertiary/aromatic N) is 3. The van der Waals surface area contributed by atoms with Gasteiger partial charge >= 0.3 is 0 Å². The molecular weight excluding hydrogens is 414 g/mol. The lowest BCUT2D eigenvalue weighted by molar-refractivity contribution is -0.00957. The van der Waals surface area contributed by atoms with E-state index in [4.69, 9.17) is 14.6 Å². The van der Waals surface area contributed by atoms with Gasteiger partial charge in [0.15, 0.2) is 0 Å². The van der Waals surface area contributed by atoms with Crippen LogP contribution in [0.4, 0.5) is 0 Å². The highest BCUT2D eigenvalue weighted by molar-refractivity contribution is 5.43. The van der Waals surface area contributed by atoms with Gasteiger partial charge in [-0.1, -0.05) is 42.8 Å². The Labute approximate surface area is 197 Å². The van der Waals surface area contributed by atoms with Gasteiger partial charge in [0.2, 0.25) is 5.88 Å². The van der Waals surface area contributed by atoms with Crippen LogP contribution in [0, 0.1) is 13.8 Å².